The molecule has 1 heterocycles. The Kier molecular flexibility index (Phi) is 4.67. The van der Waals surface area contributed by atoms with Crippen molar-refractivity contribution in [3.63, 3.8) is 0 Å². The molecule has 4 nitrogen and oxygen atoms in total. The zero-order valence-corrected chi connectivity index (χ0v) is 12.2. The van der Waals surface area contributed by atoms with E-state index in [0.29, 0.717) is 18.7 Å². The number of benzene rings is 1. The van der Waals surface area contributed by atoms with E-state index >= 15 is 0 Å². The Balaban J connectivity index is 2.20. The van der Waals surface area contributed by atoms with Gasteiger partial charge in [-0.25, -0.2) is 4.39 Å². The first kappa shape index (κ1) is 14.9. The minimum absolute atomic E-state index is 0.0322. The van der Waals surface area contributed by atoms with Gasteiger partial charge in [-0.15, -0.1) is 0 Å². The first-order valence-corrected chi connectivity index (χ1v) is 7.03. The molecule has 1 aromatic rings. The van der Waals surface area contributed by atoms with Gasteiger partial charge < -0.3 is 11.1 Å². The second kappa shape index (κ2) is 6.28. The summed E-state index contributed by atoms with van der Waals surface area (Å²) in [6.45, 7) is 3.85. The average Bonchev–Trinajstić information content (AvgIpc) is 2.38. The molecule has 0 aliphatic carbocycles. The number of rotatable bonds is 4. The maximum atomic E-state index is 13.6. The zero-order chi connectivity index (χ0) is 14.7. The molecule has 20 heavy (non-hydrogen) atoms. The van der Waals surface area contributed by atoms with Gasteiger partial charge in [0.05, 0.1) is 6.04 Å². The summed E-state index contributed by atoms with van der Waals surface area (Å²) in [4.78, 5) is 14.0. The van der Waals surface area contributed by atoms with Crippen molar-refractivity contribution in [3.8, 4) is 0 Å². The first-order valence-electron chi connectivity index (χ1n) is 6.62. The first-order chi connectivity index (χ1) is 9.51. The van der Waals surface area contributed by atoms with Crippen LogP contribution in [0, 0.1) is 5.82 Å². The lowest BCUT2D eigenvalue weighted by atomic mass is 10.1. The maximum absolute atomic E-state index is 13.6. The molecular formula is C14H18FN3OS. The lowest BCUT2D eigenvalue weighted by Crippen LogP contribution is -2.54. The number of nitrogens with zero attached hydrogens (tertiary/aromatic N) is 1. The average molecular weight is 295 g/mol. The van der Waals surface area contributed by atoms with E-state index in [2.05, 4.69) is 10.2 Å². The number of hydrogen-bond acceptors (Lipinski definition) is 3. The van der Waals surface area contributed by atoms with Crippen molar-refractivity contribution in [1.82, 2.24) is 10.2 Å². The molecule has 0 spiro atoms. The van der Waals surface area contributed by atoms with E-state index in [1.807, 2.05) is 6.92 Å². The molecule has 1 aromatic carbocycles. The van der Waals surface area contributed by atoms with Gasteiger partial charge in [0.2, 0.25) is 5.91 Å². The Morgan fingerprint density at radius 1 is 1.55 bits per heavy atom. The molecule has 1 aliphatic heterocycles. The van der Waals surface area contributed by atoms with Gasteiger partial charge >= 0.3 is 0 Å². The minimum Gasteiger partial charge on any atom is -0.389 e. The third-order valence-electron chi connectivity index (χ3n) is 3.46. The van der Waals surface area contributed by atoms with Crippen LogP contribution in [0.3, 0.4) is 0 Å². The summed E-state index contributed by atoms with van der Waals surface area (Å²) in [7, 11) is 0. The highest BCUT2D eigenvalue weighted by Crippen LogP contribution is 2.16. The molecule has 1 unspecified atom stereocenters. The van der Waals surface area contributed by atoms with Crippen molar-refractivity contribution in [3.05, 3.63) is 35.1 Å². The van der Waals surface area contributed by atoms with Crippen LogP contribution < -0.4 is 11.1 Å². The van der Waals surface area contributed by atoms with Gasteiger partial charge in [-0.3, -0.25) is 9.69 Å². The van der Waals surface area contributed by atoms with Gasteiger partial charge in [0.25, 0.3) is 0 Å². The van der Waals surface area contributed by atoms with Crippen LogP contribution in [0.4, 0.5) is 4.39 Å². The smallest absolute Gasteiger partial charge is 0.237 e. The Labute approximate surface area is 123 Å². The molecule has 1 saturated heterocycles. The standard InChI is InChI=1S/C14H18FN3OS/c1-2-12-14(19)17-3-4-18(12)8-9-5-10(13(16)20)7-11(15)6-9/h5-7,12H,2-4,8H2,1H3,(H2,16,20)(H,17,19). The monoisotopic (exact) mass is 295 g/mol. The molecule has 1 aliphatic rings. The Hall–Kier alpha value is -1.53. The molecule has 1 amide bonds. The number of nitrogens with one attached hydrogen (secondary N) is 1. The number of halogens is 1. The summed E-state index contributed by atoms with van der Waals surface area (Å²) in [6.07, 6.45) is 0.726. The largest absolute Gasteiger partial charge is 0.389 e. The third-order valence-corrected chi connectivity index (χ3v) is 3.69. The van der Waals surface area contributed by atoms with E-state index in [0.717, 1.165) is 18.5 Å². The Bertz CT molecular complexity index is 535. The fourth-order valence-electron chi connectivity index (χ4n) is 2.51. The van der Waals surface area contributed by atoms with E-state index in [1.54, 1.807) is 6.07 Å². The zero-order valence-electron chi connectivity index (χ0n) is 11.4. The second-order valence-corrected chi connectivity index (χ2v) is 5.34. The van der Waals surface area contributed by atoms with Gasteiger partial charge in [-0.2, -0.15) is 0 Å². The fourth-order valence-corrected chi connectivity index (χ4v) is 2.63. The molecule has 3 N–H and O–H groups in total. The van der Waals surface area contributed by atoms with Crippen LogP contribution in [-0.4, -0.2) is 34.9 Å². The molecule has 0 radical (unpaired) electrons. The number of amides is 1. The van der Waals surface area contributed by atoms with Crippen molar-refractivity contribution < 1.29 is 9.18 Å². The highest BCUT2D eigenvalue weighted by atomic mass is 32.1. The minimum atomic E-state index is -0.361. The Morgan fingerprint density at radius 3 is 2.95 bits per heavy atom. The molecular weight excluding hydrogens is 277 g/mol. The molecule has 0 bridgehead atoms. The predicted octanol–water partition coefficient (Wildman–Crippen LogP) is 1.17. The number of carbonyl (C=O) groups is 1. The predicted molar refractivity (Wildman–Crippen MR) is 79.8 cm³/mol. The van der Waals surface area contributed by atoms with Gasteiger partial charge in [0.15, 0.2) is 0 Å². The van der Waals surface area contributed by atoms with Crippen molar-refractivity contribution in [2.75, 3.05) is 13.1 Å². The summed E-state index contributed by atoms with van der Waals surface area (Å²) < 4.78 is 13.6. The summed E-state index contributed by atoms with van der Waals surface area (Å²) in [5.41, 5.74) is 6.84. The lowest BCUT2D eigenvalue weighted by molar-refractivity contribution is -0.129. The van der Waals surface area contributed by atoms with Crippen LogP contribution in [0.5, 0.6) is 0 Å². The molecule has 1 atom stereocenters. The van der Waals surface area contributed by atoms with Crippen LogP contribution in [0.15, 0.2) is 18.2 Å². The van der Waals surface area contributed by atoms with E-state index in [9.17, 15) is 9.18 Å². The van der Waals surface area contributed by atoms with Crippen LogP contribution in [0.1, 0.15) is 24.5 Å². The SMILES string of the molecule is CCC1C(=O)NCCN1Cc1cc(F)cc(C(N)=S)c1. The molecule has 6 heteroatoms. The van der Waals surface area contributed by atoms with Gasteiger partial charge in [0.1, 0.15) is 10.8 Å². The van der Waals surface area contributed by atoms with Crippen molar-refractivity contribution in [2.45, 2.75) is 25.9 Å². The second-order valence-electron chi connectivity index (χ2n) is 4.90. The van der Waals surface area contributed by atoms with Crippen LogP contribution >= 0.6 is 12.2 Å². The number of thiocarbonyl (C=S) groups is 1. The maximum Gasteiger partial charge on any atom is 0.237 e. The van der Waals surface area contributed by atoms with Crippen LogP contribution in [0.25, 0.3) is 0 Å². The van der Waals surface area contributed by atoms with Crippen molar-refractivity contribution in [2.24, 2.45) is 5.73 Å². The Morgan fingerprint density at radius 2 is 2.30 bits per heavy atom. The van der Waals surface area contributed by atoms with Gasteiger partial charge in [0, 0.05) is 25.2 Å². The topological polar surface area (TPSA) is 58.4 Å². The number of piperazine rings is 1. The highest BCUT2D eigenvalue weighted by Gasteiger charge is 2.27. The molecule has 1 fully saturated rings. The van der Waals surface area contributed by atoms with E-state index in [4.69, 9.17) is 18.0 Å². The highest BCUT2D eigenvalue weighted by molar-refractivity contribution is 7.80. The summed E-state index contributed by atoms with van der Waals surface area (Å²) in [5.74, 6) is -0.329. The fraction of sp³-hybridized carbons (Fsp3) is 0.429. The summed E-state index contributed by atoms with van der Waals surface area (Å²) in [5, 5.41) is 2.84. The third kappa shape index (κ3) is 3.32. The quantitative estimate of drug-likeness (QED) is 0.819. The molecule has 108 valence electrons. The van der Waals surface area contributed by atoms with Crippen molar-refractivity contribution >= 4 is 23.1 Å². The lowest BCUT2D eigenvalue weighted by Gasteiger charge is -2.34. The van der Waals surface area contributed by atoms with Crippen LogP contribution in [0.2, 0.25) is 0 Å². The summed E-state index contributed by atoms with van der Waals surface area (Å²) >= 11 is 4.88. The number of hydrogen-bond donors (Lipinski definition) is 2. The van der Waals surface area contributed by atoms with Gasteiger partial charge in [-0.05, 0) is 30.2 Å². The number of nitrogens with two attached hydrogens (primary N) is 1. The van der Waals surface area contributed by atoms with E-state index in [1.165, 1.54) is 12.1 Å². The van der Waals surface area contributed by atoms with E-state index < -0.39 is 0 Å². The van der Waals surface area contributed by atoms with Crippen LogP contribution in [-0.2, 0) is 11.3 Å². The molecule has 0 aromatic heterocycles. The number of carbonyl (C=O) groups excluding carboxylic acids is 1. The van der Waals surface area contributed by atoms with Crippen molar-refractivity contribution in [1.29, 1.82) is 0 Å². The summed E-state index contributed by atoms with van der Waals surface area (Å²) in [6, 6.07) is 4.40. The molecule has 0 saturated carbocycles. The normalized spacial score (nSPS) is 19.7. The van der Waals surface area contributed by atoms with E-state index in [-0.39, 0.29) is 22.8 Å². The van der Waals surface area contributed by atoms with Gasteiger partial charge in [-0.1, -0.05) is 19.1 Å². The molecule has 2 rings (SSSR count).